The van der Waals surface area contributed by atoms with E-state index in [2.05, 4.69) is 53.3 Å². The molecule has 1 aromatic carbocycles. The molecule has 4 nitrogen and oxygen atoms in total. The Morgan fingerprint density at radius 2 is 2.00 bits per heavy atom. The van der Waals surface area contributed by atoms with Gasteiger partial charge in [-0.05, 0) is 68.4 Å². The maximum absolute atomic E-state index is 12.3. The number of carbonyl (C=O) groups is 1. The van der Waals surface area contributed by atoms with E-state index in [1.165, 1.54) is 22.4 Å². The Hall–Kier alpha value is -1.62. The molecule has 1 N–H and O–H groups in total. The Morgan fingerprint density at radius 3 is 2.65 bits per heavy atom. The third-order valence-corrected chi connectivity index (χ3v) is 5.20. The molecule has 0 saturated carbocycles. The van der Waals surface area contributed by atoms with Crippen LogP contribution in [0.15, 0.2) is 33.4 Å². The fourth-order valence-corrected chi connectivity index (χ4v) is 3.99. The van der Waals surface area contributed by atoms with Crippen LogP contribution in [-0.2, 0) is 11.2 Å². The highest BCUT2D eigenvalue weighted by molar-refractivity contribution is 9.10. The molecule has 140 valence electrons. The highest BCUT2D eigenvalue weighted by atomic mass is 79.9. The van der Waals surface area contributed by atoms with Gasteiger partial charge < -0.3 is 10.1 Å². The minimum absolute atomic E-state index is 0.116. The smallest absolute Gasteiger partial charge is 0.408 e. The van der Waals surface area contributed by atoms with Crippen molar-refractivity contribution in [2.75, 3.05) is 0 Å². The van der Waals surface area contributed by atoms with Gasteiger partial charge in [0.05, 0.1) is 6.04 Å². The maximum Gasteiger partial charge on any atom is 0.408 e. The number of hydrogen-bond donors (Lipinski definition) is 1. The molecular formula is C21H27BrN2O2. The molecule has 1 aromatic rings. The number of nitrogens with zero attached hydrogens (tertiary/aromatic N) is 1. The molecule has 1 amide bonds. The summed E-state index contributed by atoms with van der Waals surface area (Å²) >= 11 is 3.56. The Morgan fingerprint density at radius 1 is 1.27 bits per heavy atom. The van der Waals surface area contributed by atoms with Crippen molar-refractivity contribution in [2.24, 2.45) is 10.9 Å². The number of aliphatic imine (C=N–C) groups is 1. The number of carbonyl (C=O) groups excluding carboxylic acids is 1. The summed E-state index contributed by atoms with van der Waals surface area (Å²) in [6.45, 7) is 9.83. The van der Waals surface area contributed by atoms with E-state index >= 15 is 0 Å². The molecule has 2 aliphatic rings. The first-order chi connectivity index (χ1) is 12.1. The first-order valence-electron chi connectivity index (χ1n) is 9.22. The quantitative estimate of drug-likeness (QED) is 0.703. The molecule has 0 fully saturated rings. The van der Waals surface area contributed by atoms with Crippen molar-refractivity contribution in [3.05, 3.63) is 39.5 Å². The van der Waals surface area contributed by atoms with Gasteiger partial charge in [-0.25, -0.2) is 4.79 Å². The van der Waals surface area contributed by atoms with E-state index in [0.29, 0.717) is 0 Å². The molecule has 1 aliphatic heterocycles. The summed E-state index contributed by atoms with van der Waals surface area (Å²) in [6.07, 6.45) is 2.38. The SMILES string of the molecule is CC(C)[C@H](NC(=O)OC(C)(C)C)C1=NC2=C(C1)c1ccc(Br)cc1CC2. The van der Waals surface area contributed by atoms with Gasteiger partial charge in [0.25, 0.3) is 0 Å². The number of amides is 1. The molecule has 26 heavy (non-hydrogen) atoms. The number of rotatable bonds is 3. The second-order valence-corrected chi connectivity index (χ2v) is 9.29. The van der Waals surface area contributed by atoms with Gasteiger partial charge in [-0.3, -0.25) is 4.99 Å². The highest BCUT2D eigenvalue weighted by Gasteiger charge is 2.32. The van der Waals surface area contributed by atoms with E-state index in [4.69, 9.17) is 9.73 Å². The Bertz CT molecular complexity index is 788. The number of alkyl carbamates (subject to hydrolysis) is 1. The predicted octanol–water partition coefficient (Wildman–Crippen LogP) is 5.50. The zero-order valence-electron chi connectivity index (χ0n) is 16.1. The second kappa shape index (κ2) is 7.18. The minimum Gasteiger partial charge on any atom is -0.444 e. The molecule has 3 rings (SSSR count). The van der Waals surface area contributed by atoms with E-state index in [-0.39, 0.29) is 18.1 Å². The maximum atomic E-state index is 12.3. The molecule has 1 heterocycles. The monoisotopic (exact) mass is 418 g/mol. The van der Waals surface area contributed by atoms with Crippen LogP contribution in [0, 0.1) is 5.92 Å². The predicted molar refractivity (Wildman–Crippen MR) is 109 cm³/mol. The lowest BCUT2D eigenvalue weighted by Gasteiger charge is -2.26. The van der Waals surface area contributed by atoms with Gasteiger partial charge >= 0.3 is 6.09 Å². The van der Waals surface area contributed by atoms with E-state index in [9.17, 15) is 4.79 Å². The van der Waals surface area contributed by atoms with Crippen molar-refractivity contribution in [3.63, 3.8) is 0 Å². The van der Waals surface area contributed by atoms with Crippen molar-refractivity contribution in [1.29, 1.82) is 0 Å². The Balaban J connectivity index is 1.78. The number of benzene rings is 1. The van der Waals surface area contributed by atoms with Crippen molar-refractivity contribution in [2.45, 2.75) is 65.5 Å². The van der Waals surface area contributed by atoms with Crippen LogP contribution in [0.25, 0.3) is 5.57 Å². The molecule has 0 aromatic heterocycles. The van der Waals surface area contributed by atoms with Crippen LogP contribution in [-0.4, -0.2) is 23.4 Å². The third-order valence-electron chi connectivity index (χ3n) is 4.71. The van der Waals surface area contributed by atoms with Gasteiger partial charge in [0.2, 0.25) is 0 Å². The average molecular weight is 419 g/mol. The van der Waals surface area contributed by atoms with Crippen molar-refractivity contribution < 1.29 is 9.53 Å². The van der Waals surface area contributed by atoms with Crippen LogP contribution < -0.4 is 5.32 Å². The van der Waals surface area contributed by atoms with E-state index in [0.717, 1.165) is 29.4 Å². The lowest BCUT2D eigenvalue weighted by atomic mass is 9.86. The average Bonchev–Trinajstić information content (AvgIpc) is 2.94. The first-order valence-corrected chi connectivity index (χ1v) is 10.0. The Kier molecular flexibility index (Phi) is 5.29. The van der Waals surface area contributed by atoms with Gasteiger partial charge in [-0.1, -0.05) is 35.8 Å². The second-order valence-electron chi connectivity index (χ2n) is 8.37. The zero-order valence-corrected chi connectivity index (χ0v) is 17.7. The fourth-order valence-electron chi connectivity index (χ4n) is 3.59. The molecule has 5 heteroatoms. The standard InChI is InChI=1S/C21H27BrN2O2/c1-12(2)19(24-20(25)26-21(3,4)5)18-11-16-15-8-7-14(22)10-13(15)6-9-17(16)23-18/h7-8,10,12,19H,6,9,11H2,1-5H3,(H,24,25)/t19-/m0/s1. The number of allylic oxidation sites excluding steroid dienone is 2. The van der Waals surface area contributed by atoms with Gasteiger partial charge in [-0.15, -0.1) is 0 Å². The summed E-state index contributed by atoms with van der Waals surface area (Å²) in [5, 5.41) is 3.03. The number of fused-ring (bicyclic) bond motifs is 2. The van der Waals surface area contributed by atoms with Gasteiger partial charge in [0.15, 0.2) is 0 Å². The molecule has 1 aliphatic carbocycles. The van der Waals surface area contributed by atoms with Crippen molar-refractivity contribution in [3.8, 4) is 0 Å². The largest absolute Gasteiger partial charge is 0.444 e. The van der Waals surface area contributed by atoms with Crippen LogP contribution in [0.2, 0.25) is 0 Å². The molecule has 0 bridgehead atoms. The molecule has 0 spiro atoms. The molecule has 0 unspecified atom stereocenters. The molecule has 0 saturated heterocycles. The molecule has 1 atom stereocenters. The lowest BCUT2D eigenvalue weighted by Crippen LogP contribution is -2.46. The van der Waals surface area contributed by atoms with Gasteiger partial charge in [0, 0.05) is 22.3 Å². The molecular weight excluding hydrogens is 392 g/mol. The van der Waals surface area contributed by atoms with Crippen LogP contribution in [0.1, 0.15) is 58.6 Å². The minimum atomic E-state index is -0.507. The van der Waals surface area contributed by atoms with Crippen molar-refractivity contribution >= 4 is 33.3 Å². The molecule has 0 radical (unpaired) electrons. The highest BCUT2D eigenvalue weighted by Crippen LogP contribution is 2.40. The van der Waals surface area contributed by atoms with E-state index in [1.807, 2.05) is 20.8 Å². The summed E-state index contributed by atoms with van der Waals surface area (Å²) in [5.41, 5.74) is 5.68. The third kappa shape index (κ3) is 4.20. The Labute approximate surface area is 164 Å². The normalized spacial score (nSPS) is 17.6. The number of halogens is 1. The van der Waals surface area contributed by atoms with Crippen LogP contribution in [0.3, 0.4) is 0 Å². The summed E-state index contributed by atoms with van der Waals surface area (Å²) < 4.78 is 6.56. The van der Waals surface area contributed by atoms with Crippen LogP contribution in [0.5, 0.6) is 0 Å². The summed E-state index contributed by atoms with van der Waals surface area (Å²) in [4.78, 5) is 17.2. The van der Waals surface area contributed by atoms with Crippen molar-refractivity contribution in [1.82, 2.24) is 5.32 Å². The summed E-state index contributed by atoms with van der Waals surface area (Å²) in [5.74, 6) is 0.243. The summed E-state index contributed by atoms with van der Waals surface area (Å²) in [7, 11) is 0. The van der Waals surface area contributed by atoms with Crippen LogP contribution in [0.4, 0.5) is 4.79 Å². The first kappa shape index (κ1) is 19.2. The number of nitrogens with one attached hydrogen (secondary N) is 1. The number of hydrogen-bond acceptors (Lipinski definition) is 3. The summed E-state index contributed by atoms with van der Waals surface area (Å²) in [6, 6.07) is 6.36. The van der Waals surface area contributed by atoms with Gasteiger partial charge in [-0.2, -0.15) is 0 Å². The number of ether oxygens (including phenoxy) is 1. The van der Waals surface area contributed by atoms with E-state index < -0.39 is 5.60 Å². The van der Waals surface area contributed by atoms with Crippen LogP contribution >= 0.6 is 15.9 Å². The number of aryl methyl sites for hydroxylation is 1. The van der Waals surface area contributed by atoms with Gasteiger partial charge in [0.1, 0.15) is 5.60 Å². The topological polar surface area (TPSA) is 50.7 Å². The fraction of sp³-hybridized carbons (Fsp3) is 0.524. The lowest BCUT2D eigenvalue weighted by molar-refractivity contribution is 0.0508. The van der Waals surface area contributed by atoms with E-state index in [1.54, 1.807) is 0 Å². The zero-order chi connectivity index (χ0) is 19.1.